The van der Waals surface area contributed by atoms with Crippen LogP contribution in [0.15, 0.2) is 30.9 Å². The van der Waals surface area contributed by atoms with E-state index in [9.17, 15) is 9.18 Å². The number of amides is 1. The summed E-state index contributed by atoms with van der Waals surface area (Å²) in [6, 6.07) is 3.69. The van der Waals surface area contributed by atoms with Crippen LogP contribution in [0.1, 0.15) is 21.6 Å². The van der Waals surface area contributed by atoms with Gasteiger partial charge in [0.15, 0.2) is 0 Å². The Morgan fingerprint density at radius 2 is 2.14 bits per heavy atom. The average molecular weight is 437 g/mol. The van der Waals surface area contributed by atoms with E-state index >= 15 is 0 Å². The predicted molar refractivity (Wildman–Crippen MR) is 114 cm³/mol. The van der Waals surface area contributed by atoms with Crippen LogP contribution in [0.25, 0.3) is 11.0 Å². The number of nitrogens with zero attached hydrogens (tertiary/aromatic N) is 4. The largest absolute Gasteiger partial charge is 0.481 e. The Bertz CT molecular complexity index is 1020. The third-order valence-electron chi connectivity index (χ3n) is 4.25. The van der Waals surface area contributed by atoms with E-state index in [0.29, 0.717) is 23.5 Å². The minimum Gasteiger partial charge on any atom is -0.481 e. The van der Waals surface area contributed by atoms with Crippen molar-refractivity contribution in [1.29, 1.82) is 0 Å². The molecule has 0 aromatic carbocycles. The van der Waals surface area contributed by atoms with Gasteiger partial charge in [-0.2, -0.15) is 0 Å². The summed E-state index contributed by atoms with van der Waals surface area (Å²) >= 11 is 0. The van der Waals surface area contributed by atoms with Crippen molar-refractivity contribution in [3.8, 4) is 5.88 Å². The SMILES string of the molecule is COc1ncnc(Cn2cc(C(=O)NCCOC(F)(P)P)c3ncccc32)c1C. The van der Waals surface area contributed by atoms with Gasteiger partial charge in [-0.25, -0.2) is 14.4 Å². The molecule has 3 heterocycles. The average Bonchev–Trinajstić information content (AvgIpc) is 3.05. The molecular formula is C18H22FN5O3P2. The first-order chi connectivity index (χ1) is 13.8. The van der Waals surface area contributed by atoms with Crippen LogP contribution >= 0.6 is 18.5 Å². The Kier molecular flexibility index (Phi) is 6.73. The van der Waals surface area contributed by atoms with E-state index in [0.717, 1.165) is 16.8 Å². The number of hydrogen-bond donors (Lipinski definition) is 1. The molecule has 0 radical (unpaired) electrons. The minimum atomic E-state index is -1.90. The van der Waals surface area contributed by atoms with Crippen LogP contribution in [-0.2, 0) is 11.3 Å². The third-order valence-corrected chi connectivity index (χ3v) is 4.58. The van der Waals surface area contributed by atoms with E-state index < -0.39 is 5.34 Å². The first-order valence-electron chi connectivity index (χ1n) is 8.77. The maximum Gasteiger partial charge on any atom is 0.255 e. The molecule has 0 aliphatic carbocycles. The number of pyridine rings is 1. The van der Waals surface area contributed by atoms with Crippen molar-refractivity contribution in [3.63, 3.8) is 0 Å². The maximum atomic E-state index is 13.3. The van der Waals surface area contributed by atoms with Gasteiger partial charge < -0.3 is 19.4 Å². The van der Waals surface area contributed by atoms with Crippen molar-refractivity contribution < 1.29 is 18.7 Å². The zero-order valence-corrected chi connectivity index (χ0v) is 18.4. The molecule has 3 aromatic rings. The Morgan fingerprint density at radius 3 is 2.86 bits per heavy atom. The van der Waals surface area contributed by atoms with E-state index in [1.165, 1.54) is 6.33 Å². The maximum absolute atomic E-state index is 13.3. The molecule has 154 valence electrons. The summed E-state index contributed by atoms with van der Waals surface area (Å²) in [5.41, 5.74) is 3.39. The second-order valence-corrected chi connectivity index (χ2v) is 8.54. The molecule has 11 heteroatoms. The normalized spacial score (nSPS) is 11.6. The van der Waals surface area contributed by atoms with Crippen LogP contribution < -0.4 is 10.1 Å². The number of nitrogens with one attached hydrogen (secondary N) is 1. The summed E-state index contributed by atoms with van der Waals surface area (Å²) in [7, 11) is 5.38. The fourth-order valence-corrected chi connectivity index (χ4v) is 3.12. The first-order valence-corrected chi connectivity index (χ1v) is 9.92. The number of aromatic nitrogens is 4. The topological polar surface area (TPSA) is 91.2 Å². The molecule has 2 atom stereocenters. The number of rotatable bonds is 8. The highest BCUT2D eigenvalue weighted by Crippen LogP contribution is 2.29. The number of methoxy groups -OCH3 is 1. The zero-order chi connectivity index (χ0) is 21.0. The number of hydrogen-bond acceptors (Lipinski definition) is 6. The highest BCUT2D eigenvalue weighted by molar-refractivity contribution is 7.38. The molecule has 0 aliphatic rings. The Morgan fingerprint density at radius 1 is 1.34 bits per heavy atom. The number of halogens is 1. The summed E-state index contributed by atoms with van der Waals surface area (Å²) in [5, 5.41) is 0.818. The fourth-order valence-electron chi connectivity index (χ4n) is 2.88. The lowest BCUT2D eigenvalue weighted by molar-refractivity contribution is 0.000763. The third kappa shape index (κ3) is 5.24. The van der Waals surface area contributed by atoms with Gasteiger partial charge in [0.25, 0.3) is 5.91 Å². The molecule has 29 heavy (non-hydrogen) atoms. The fraction of sp³-hybridized carbons (Fsp3) is 0.333. The number of carbonyl (C=O) groups is 1. The van der Waals surface area contributed by atoms with Crippen LogP contribution in [0, 0.1) is 6.92 Å². The van der Waals surface area contributed by atoms with Gasteiger partial charge in [0.1, 0.15) is 11.8 Å². The molecule has 1 amide bonds. The van der Waals surface area contributed by atoms with Crippen molar-refractivity contribution in [2.45, 2.75) is 18.8 Å². The van der Waals surface area contributed by atoms with Crippen LogP contribution in [0.4, 0.5) is 4.39 Å². The predicted octanol–water partition coefficient (Wildman–Crippen LogP) is 2.27. The monoisotopic (exact) mass is 437 g/mol. The van der Waals surface area contributed by atoms with E-state index in [1.54, 1.807) is 25.6 Å². The zero-order valence-electron chi connectivity index (χ0n) is 16.1. The molecule has 3 aromatic heterocycles. The number of ether oxygens (including phenoxy) is 2. The van der Waals surface area contributed by atoms with Crippen molar-refractivity contribution in [2.24, 2.45) is 0 Å². The quantitative estimate of drug-likeness (QED) is 0.430. The minimum absolute atomic E-state index is 0.0290. The molecule has 0 aliphatic heterocycles. The highest BCUT2D eigenvalue weighted by Gasteiger charge is 2.19. The van der Waals surface area contributed by atoms with Crippen LogP contribution in [0.5, 0.6) is 5.88 Å². The second-order valence-electron chi connectivity index (χ2n) is 6.30. The van der Waals surface area contributed by atoms with E-state index in [4.69, 9.17) is 9.47 Å². The van der Waals surface area contributed by atoms with Gasteiger partial charge in [0.05, 0.1) is 37.0 Å². The Labute approximate surface area is 172 Å². The van der Waals surface area contributed by atoms with Gasteiger partial charge >= 0.3 is 0 Å². The van der Waals surface area contributed by atoms with Crippen LogP contribution in [0.2, 0.25) is 0 Å². The van der Waals surface area contributed by atoms with E-state index in [2.05, 4.69) is 20.3 Å². The smallest absolute Gasteiger partial charge is 0.255 e. The molecular weight excluding hydrogens is 415 g/mol. The second kappa shape index (κ2) is 9.08. The van der Waals surface area contributed by atoms with Crippen molar-refractivity contribution in [2.75, 3.05) is 20.3 Å². The number of fused-ring (bicyclic) bond motifs is 1. The van der Waals surface area contributed by atoms with Gasteiger partial charge in [-0.05, 0) is 19.1 Å². The van der Waals surface area contributed by atoms with Gasteiger partial charge in [0.2, 0.25) is 11.2 Å². The van der Waals surface area contributed by atoms with Crippen LogP contribution in [-0.4, -0.2) is 51.0 Å². The summed E-state index contributed by atoms with van der Waals surface area (Å²) in [5.74, 6) is 0.194. The molecule has 0 spiro atoms. The lowest BCUT2D eigenvalue weighted by Gasteiger charge is -2.14. The lowest BCUT2D eigenvalue weighted by Crippen LogP contribution is -2.28. The lowest BCUT2D eigenvalue weighted by atomic mass is 10.2. The van der Waals surface area contributed by atoms with Gasteiger partial charge in [-0.1, -0.05) is 18.5 Å². The highest BCUT2D eigenvalue weighted by atomic mass is 31.1. The summed E-state index contributed by atoms with van der Waals surface area (Å²) in [4.78, 5) is 25.4. The molecule has 0 fully saturated rings. The molecule has 8 nitrogen and oxygen atoms in total. The van der Waals surface area contributed by atoms with Gasteiger partial charge in [-0.15, -0.1) is 0 Å². The standard InChI is InChI=1S/C18H22FN5O3P2/c1-11-13(22-10-23-17(11)26-2)9-24-8-12(15-14(24)4-3-5-20-15)16(25)21-6-7-27-18(19,28)29/h3-5,8,10H,6-7,9,28-29H2,1-2H3,(H,21,25). The molecule has 0 saturated carbocycles. The summed E-state index contributed by atoms with van der Waals surface area (Å²) in [6.07, 6.45) is 4.81. The first kappa shape index (κ1) is 21.5. The van der Waals surface area contributed by atoms with E-state index in [-0.39, 0.29) is 19.1 Å². The van der Waals surface area contributed by atoms with Crippen molar-refractivity contribution in [3.05, 3.63) is 47.7 Å². The van der Waals surface area contributed by atoms with Gasteiger partial charge in [0, 0.05) is 24.5 Å². The summed E-state index contributed by atoms with van der Waals surface area (Å²) < 4.78 is 25.4. The van der Waals surface area contributed by atoms with Crippen molar-refractivity contribution >= 4 is 35.4 Å². The Hall–Kier alpha value is -2.21. The van der Waals surface area contributed by atoms with E-state index in [1.807, 2.05) is 36.0 Å². The van der Waals surface area contributed by atoms with Crippen molar-refractivity contribution in [1.82, 2.24) is 24.8 Å². The molecule has 1 N–H and O–H groups in total. The van der Waals surface area contributed by atoms with Gasteiger partial charge in [-0.3, -0.25) is 9.78 Å². The number of alkyl halides is 1. The van der Waals surface area contributed by atoms with Crippen LogP contribution in [0.3, 0.4) is 0 Å². The summed E-state index contributed by atoms with van der Waals surface area (Å²) in [6.45, 7) is 2.50. The molecule has 0 bridgehead atoms. The number of carbonyl (C=O) groups excluding carboxylic acids is 1. The Balaban J connectivity index is 1.83. The molecule has 3 rings (SSSR count). The molecule has 2 unspecified atom stereocenters. The molecule has 0 saturated heterocycles.